The minimum Gasteiger partial charge on any atom is -0.508 e. The van der Waals surface area contributed by atoms with Crippen molar-refractivity contribution >= 4 is 22.3 Å². The second-order valence-electron chi connectivity index (χ2n) is 4.21. The molecule has 0 spiro atoms. The van der Waals surface area contributed by atoms with Gasteiger partial charge in [-0.1, -0.05) is 0 Å². The molecule has 3 rings (SSSR count). The average molecular weight is 252 g/mol. The number of rotatable bonds is 2. The van der Waals surface area contributed by atoms with Gasteiger partial charge in [0.1, 0.15) is 17.4 Å². The number of hydrogen-bond donors (Lipinski definition) is 2. The van der Waals surface area contributed by atoms with Crippen molar-refractivity contribution in [2.75, 3.05) is 5.32 Å². The van der Waals surface area contributed by atoms with Crippen molar-refractivity contribution in [3.05, 3.63) is 48.7 Å². The molecule has 94 valence electrons. The molecule has 0 saturated heterocycles. The Kier molecular flexibility index (Phi) is 2.72. The lowest BCUT2D eigenvalue weighted by atomic mass is 10.1. The smallest absolute Gasteiger partial charge is 0.138 e. The van der Waals surface area contributed by atoms with Gasteiger partial charge < -0.3 is 10.4 Å². The number of nitrogens with one attached hydrogen (secondary N) is 1. The fourth-order valence-electron chi connectivity index (χ4n) is 1.86. The molecule has 19 heavy (non-hydrogen) atoms. The Morgan fingerprint density at radius 1 is 1.05 bits per heavy atom. The fraction of sp³-hybridized carbons (Fsp3) is 0.0714. The zero-order valence-corrected chi connectivity index (χ0v) is 10.3. The van der Waals surface area contributed by atoms with Crippen LogP contribution in [-0.4, -0.2) is 20.1 Å². The van der Waals surface area contributed by atoms with Gasteiger partial charge in [0.25, 0.3) is 0 Å². The number of benzene rings is 1. The lowest BCUT2D eigenvalue weighted by Gasteiger charge is -2.08. The van der Waals surface area contributed by atoms with Gasteiger partial charge in [0.15, 0.2) is 0 Å². The van der Waals surface area contributed by atoms with Crippen LogP contribution in [0.3, 0.4) is 0 Å². The Balaban J connectivity index is 2.03. The van der Waals surface area contributed by atoms with Gasteiger partial charge in [-0.2, -0.15) is 0 Å². The maximum Gasteiger partial charge on any atom is 0.138 e. The molecular formula is C14H12N4O. The van der Waals surface area contributed by atoms with Gasteiger partial charge in [-0.05, 0) is 36.6 Å². The summed E-state index contributed by atoms with van der Waals surface area (Å²) in [5.74, 6) is 1.68. The van der Waals surface area contributed by atoms with Crippen molar-refractivity contribution in [2.45, 2.75) is 6.92 Å². The van der Waals surface area contributed by atoms with Crippen molar-refractivity contribution in [3.63, 3.8) is 0 Å². The number of aryl methyl sites for hydroxylation is 1. The number of aromatic nitrogens is 3. The topological polar surface area (TPSA) is 70.9 Å². The average Bonchev–Trinajstić information content (AvgIpc) is 2.41. The first-order valence-corrected chi connectivity index (χ1v) is 5.86. The quantitative estimate of drug-likeness (QED) is 0.733. The highest BCUT2D eigenvalue weighted by Gasteiger charge is 2.04. The molecule has 5 heteroatoms. The molecule has 0 aliphatic heterocycles. The fourth-order valence-corrected chi connectivity index (χ4v) is 1.86. The third kappa shape index (κ3) is 2.30. The van der Waals surface area contributed by atoms with Crippen molar-refractivity contribution < 1.29 is 5.11 Å². The van der Waals surface area contributed by atoms with Crippen molar-refractivity contribution in [3.8, 4) is 5.75 Å². The van der Waals surface area contributed by atoms with E-state index in [2.05, 4.69) is 20.3 Å². The molecule has 0 atom stereocenters. The van der Waals surface area contributed by atoms with E-state index in [1.54, 1.807) is 30.7 Å². The molecule has 0 aliphatic carbocycles. The SMILES string of the molecule is Cc1ncc(Nc2nccc3cc(O)ccc23)cn1. The molecule has 0 saturated carbocycles. The van der Waals surface area contributed by atoms with Crippen LogP contribution in [0.15, 0.2) is 42.9 Å². The number of anilines is 2. The summed E-state index contributed by atoms with van der Waals surface area (Å²) in [5, 5.41) is 14.5. The van der Waals surface area contributed by atoms with Crippen LogP contribution >= 0.6 is 0 Å². The summed E-state index contributed by atoms with van der Waals surface area (Å²) in [6.45, 7) is 1.84. The minimum absolute atomic E-state index is 0.239. The Bertz CT molecular complexity index is 725. The van der Waals surface area contributed by atoms with Crippen LogP contribution in [0, 0.1) is 6.92 Å². The monoisotopic (exact) mass is 252 g/mol. The van der Waals surface area contributed by atoms with E-state index in [-0.39, 0.29) is 5.75 Å². The summed E-state index contributed by atoms with van der Waals surface area (Å²) in [7, 11) is 0. The Hall–Kier alpha value is -2.69. The first kappa shape index (κ1) is 11.4. The van der Waals surface area contributed by atoms with Crippen LogP contribution in [0.1, 0.15) is 5.82 Å². The Morgan fingerprint density at radius 3 is 2.63 bits per heavy atom. The number of phenols is 1. The van der Waals surface area contributed by atoms with Gasteiger partial charge in [0.2, 0.25) is 0 Å². The van der Waals surface area contributed by atoms with Crippen LogP contribution in [0.25, 0.3) is 10.8 Å². The summed E-state index contributed by atoms with van der Waals surface area (Å²) < 4.78 is 0. The number of phenolic OH excluding ortho intramolecular Hbond substituents is 1. The maximum absolute atomic E-state index is 9.48. The largest absolute Gasteiger partial charge is 0.508 e. The molecule has 5 nitrogen and oxygen atoms in total. The number of aromatic hydroxyl groups is 1. The molecule has 0 bridgehead atoms. The normalized spacial score (nSPS) is 10.6. The molecule has 0 aliphatic rings. The number of fused-ring (bicyclic) bond motifs is 1. The third-order valence-electron chi connectivity index (χ3n) is 2.79. The summed E-state index contributed by atoms with van der Waals surface area (Å²) in [6.07, 6.45) is 5.12. The molecule has 2 aromatic heterocycles. The van der Waals surface area contributed by atoms with Gasteiger partial charge in [0.05, 0.1) is 18.1 Å². The van der Waals surface area contributed by atoms with Crippen molar-refractivity contribution in [1.82, 2.24) is 15.0 Å². The van der Waals surface area contributed by atoms with Crippen LogP contribution in [0.5, 0.6) is 5.75 Å². The van der Waals surface area contributed by atoms with Crippen LogP contribution < -0.4 is 5.32 Å². The van der Waals surface area contributed by atoms with Gasteiger partial charge in [-0.25, -0.2) is 15.0 Å². The van der Waals surface area contributed by atoms with Gasteiger partial charge in [0, 0.05) is 11.6 Å². The van der Waals surface area contributed by atoms with Gasteiger partial charge in [-0.15, -0.1) is 0 Å². The summed E-state index contributed by atoms with van der Waals surface area (Å²) in [6, 6.07) is 7.02. The molecule has 1 aromatic carbocycles. The van der Waals surface area contributed by atoms with Gasteiger partial charge >= 0.3 is 0 Å². The van der Waals surface area contributed by atoms with E-state index >= 15 is 0 Å². The summed E-state index contributed by atoms with van der Waals surface area (Å²) >= 11 is 0. The maximum atomic E-state index is 9.48. The third-order valence-corrected chi connectivity index (χ3v) is 2.79. The molecule has 2 heterocycles. The predicted octanol–water partition coefficient (Wildman–Crippen LogP) is 2.78. The molecular weight excluding hydrogens is 240 g/mol. The van der Waals surface area contributed by atoms with E-state index in [0.717, 1.165) is 22.3 Å². The zero-order valence-electron chi connectivity index (χ0n) is 10.3. The highest BCUT2D eigenvalue weighted by atomic mass is 16.3. The van der Waals surface area contributed by atoms with E-state index in [1.807, 2.05) is 19.1 Å². The minimum atomic E-state index is 0.239. The van der Waals surface area contributed by atoms with Crippen LogP contribution in [0.2, 0.25) is 0 Å². The summed E-state index contributed by atoms with van der Waals surface area (Å²) in [5.41, 5.74) is 0.777. The highest BCUT2D eigenvalue weighted by molar-refractivity contribution is 5.93. The number of nitrogens with zero attached hydrogens (tertiary/aromatic N) is 3. The van der Waals surface area contributed by atoms with E-state index in [0.29, 0.717) is 5.82 Å². The number of pyridine rings is 1. The summed E-state index contributed by atoms with van der Waals surface area (Å²) in [4.78, 5) is 12.6. The first-order chi connectivity index (χ1) is 9.22. The molecule has 0 unspecified atom stereocenters. The molecule has 0 amide bonds. The Labute approximate surface area is 110 Å². The van der Waals surface area contributed by atoms with E-state index in [4.69, 9.17) is 0 Å². The van der Waals surface area contributed by atoms with E-state index in [9.17, 15) is 5.11 Å². The molecule has 3 aromatic rings. The van der Waals surface area contributed by atoms with Crippen LogP contribution in [0.4, 0.5) is 11.5 Å². The van der Waals surface area contributed by atoms with Crippen molar-refractivity contribution in [1.29, 1.82) is 0 Å². The van der Waals surface area contributed by atoms with Gasteiger partial charge in [-0.3, -0.25) is 0 Å². The number of hydrogen-bond acceptors (Lipinski definition) is 5. The standard InChI is InChI=1S/C14H12N4O/c1-9-16-7-11(8-17-9)18-14-13-3-2-12(19)6-10(13)4-5-15-14/h2-8,19H,1H3,(H,15,18). The van der Waals surface area contributed by atoms with Crippen molar-refractivity contribution in [2.24, 2.45) is 0 Å². The lowest BCUT2D eigenvalue weighted by Crippen LogP contribution is -1.97. The zero-order chi connectivity index (χ0) is 13.2. The lowest BCUT2D eigenvalue weighted by molar-refractivity contribution is 0.476. The predicted molar refractivity (Wildman–Crippen MR) is 73.5 cm³/mol. The molecule has 0 radical (unpaired) electrons. The second-order valence-corrected chi connectivity index (χ2v) is 4.21. The molecule has 2 N–H and O–H groups in total. The highest BCUT2D eigenvalue weighted by Crippen LogP contribution is 2.26. The Morgan fingerprint density at radius 2 is 1.84 bits per heavy atom. The molecule has 0 fully saturated rings. The van der Waals surface area contributed by atoms with Crippen LogP contribution in [-0.2, 0) is 0 Å². The second kappa shape index (κ2) is 4.53. The first-order valence-electron chi connectivity index (χ1n) is 5.86. The van der Waals surface area contributed by atoms with E-state index < -0.39 is 0 Å². The van der Waals surface area contributed by atoms with E-state index in [1.165, 1.54) is 0 Å².